The zero-order chi connectivity index (χ0) is 18.1. The van der Waals surface area contributed by atoms with Crippen LogP contribution < -0.4 is 16.0 Å². The van der Waals surface area contributed by atoms with Crippen molar-refractivity contribution in [3.63, 3.8) is 0 Å². The summed E-state index contributed by atoms with van der Waals surface area (Å²) in [6, 6.07) is -2.59. The highest BCUT2D eigenvalue weighted by Gasteiger charge is 2.25. The third-order valence-corrected chi connectivity index (χ3v) is 4.03. The number of carboxylic acid groups (broad SMARTS) is 1. The molecular formula is C16H27N3O5. The van der Waals surface area contributed by atoms with Crippen molar-refractivity contribution in [2.75, 3.05) is 0 Å². The maximum Gasteiger partial charge on any atom is 0.326 e. The first-order valence-corrected chi connectivity index (χ1v) is 8.44. The smallest absolute Gasteiger partial charge is 0.326 e. The summed E-state index contributed by atoms with van der Waals surface area (Å²) in [6.45, 7) is 3.02. The van der Waals surface area contributed by atoms with Crippen molar-refractivity contribution in [3.8, 4) is 0 Å². The Labute approximate surface area is 141 Å². The van der Waals surface area contributed by atoms with Gasteiger partial charge in [-0.2, -0.15) is 0 Å². The van der Waals surface area contributed by atoms with Crippen LogP contribution in [-0.2, 0) is 19.2 Å². The van der Waals surface area contributed by atoms with Gasteiger partial charge in [0.25, 0.3) is 0 Å². The van der Waals surface area contributed by atoms with Crippen LogP contribution in [0.1, 0.15) is 58.8 Å². The molecule has 1 fully saturated rings. The summed E-state index contributed by atoms with van der Waals surface area (Å²) >= 11 is 0. The van der Waals surface area contributed by atoms with Crippen molar-refractivity contribution in [3.05, 3.63) is 0 Å². The van der Waals surface area contributed by atoms with Gasteiger partial charge in [0.1, 0.15) is 18.1 Å². The lowest BCUT2D eigenvalue weighted by Crippen LogP contribution is -2.54. The number of carbonyl (C=O) groups excluding carboxylic acids is 3. The number of rotatable bonds is 1. The van der Waals surface area contributed by atoms with E-state index in [1.807, 2.05) is 0 Å². The van der Waals surface area contributed by atoms with Gasteiger partial charge in [0, 0.05) is 6.42 Å². The number of amides is 3. The molecule has 0 saturated carbocycles. The van der Waals surface area contributed by atoms with Crippen LogP contribution >= 0.6 is 0 Å². The number of hydrogen-bond donors (Lipinski definition) is 4. The summed E-state index contributed by atoms with van der Waals surface area (Å²) in [5, 5.41) is 16.7. The Morgan fingerprint density at radius 2 is 1.42 bits per heavy atom. The molecule has 0 radical (unpaired) electrons. The summed E-state index contributed by atoms with van der Waals surface area (Å²) in [4.78, 5) is 47.1. The van der Waals surface area contributed by atoms with Crippen molar-refractivity contribution in [1.82, 2.24) is 16.0 Å². The first kappa shape index (κ1) is 19.9. The van der Waals surface area contributed by atoms with Gasteiger partial charge in [-0.1, -0.05) is 25.7 Å². The van der Waals surface area contributed by atoms with E-state index in [-0.39, 0.29) is 5.91 Å². The lowest BCUT2D eigenvalue weighted by atomic mass is 10.0. The second-order valence-corrected chi connectivity index (χ2v) is 6.23. The van der Waals surface area contributed by atoms with Crippen molar-refractivity contribution >= 4 is 23.7 Å². The molecule has 0 aromatic rings. The fraction of sp³-hybridized carbons (Fsp3) is 0.750. The fourth-order valence-corrected chi connectivity index (χ4v) is 2.50. The molecule has 8 heteroatoms. The quantitative estimate of drug-likeness (QED) is 0.546. The van der Waals surface area contributed by atoms with Crippen LogP contribution in [0.15, 0.2) is 0 Å². The van der Waals surface area contributed by atoms with Crippen LogP contribution in [0.3, 0.4) is 0 Å². The molecule has 136 valence electrons. The fourth-order valence-electron chi connectivity index (χ4n) is 2.50. The van der Waals surface area contributed by atoms with E-state index in [4.69, 9.17) is 0 Å². The Morgan fingerprint density at radius 1 is 0.875 bits per heavy atom. The van der Waals surface area contributed by atoms with Gasteiger partial charge in [0.05, 0.1) is 0 Å². The molecule has 0 aromatic carbocycles. The second-order valence-electron chi connectivity index (χ2n) is 6.23. The Bertz CT molecular complexity index is 480. The standard InChI is InChI=1S/C16H27N3O5/c1-10-14(21)18-11(2)15(22)19-12(16(23)24)8-6-4-3-5-7-9-13(20)17-10/h10-12H,3-9H2,1-2H3,(H,17,20)(H,18,21)(H,19,22)(H,23,24)/t10-,11-,12+/m0/s1. The summed E-state index contributed by atoms with van der Waals surface area (Å²) < 4.78 is 0. The van der Waals surface area contributed by atoms with E-state index in [2.05, 4.69) is 16.0 Å². The third kappa shape index (κ3) is 6.97. The van der Waals surface area contributed by atoms with Gasteiger partial charge in [-0.25, -0.2) is 4.79 Å². The van der Waals surface area contributed by atoms with Gasteiger partial charge in [-0.15, -0.1) is 0 Å². The van der Waals surface area contributed by atoms with Crippen molar-refractivity contribution < 1.29 is 24.3 Å². The monoisotopic (exact) mass is 341 g/mol. The summed E-state index contributed by atoms with van der Waals surface area (Å²) in [6.07, 6.45) is 4.74. The van der Waals surface area contributed by atoms with Gasteiger partial charge < -0.3 is 21.1 Å². The molecule has 3 atom stereocenters. The van der Waals surface area contributed by atoms with E-state index < -0.39 is 35.9 Å². The second kappa shape index (κ2) is 9.89. The zero-order valence-electron chi connectivity index (χ0n) is 14.3. The number of aliphatic carboxylic acids is 1. The molecule has 3 amide bonds. The molecule has 0 bridgehead atoms. The normalized spacial score (nSPS) is 28.4. The minimum Gasteiger partial charge on any atom is -0.480 e. The molecule has 0 aliphatic carbocycles. The number of nitrogens with one attached hydrogen (secondary N) is 3. The molecule has 1 rings (SSSR count). The highest BCUT2D eigenvalue weighted by Crippen LogP contribution is 2.10. The highest BCUT2D eigenvalue weighted by atomic mass is 16.4. The van der Waals surface area contributed by atoms with Crippen LogP contribution in [0.2, 0.25) is 0 Å². The van der Waals surface area contributed by atoms with Crippen LogP contribution in [-0.4, -0.2) is 46.9 Å². The molecule has 0 spiro atoms. The van der Waals surface area contributed by atoms with Crippen LogP contribution in [0.5, 0.6) is 0 Å². The summed E-state index contributed by atoms with van der Waals surface area (Å²) in [5.41, 5.74) is 0. The first-order valence-electron chi connectivity index (χ1n) is 8.44. The molecule has 24 heavy (non-hydrogen) atoms. The first-order chi connectivity index (χ1) is 11.3. The highest BCUT2D eigenvalue weighted by molar-refractivity contribution is 5.92. The molecular weight excluding hydrogens is 314 g/mol. The zero-order valence-corrected chi connectivity index (χ0v) is 14.3. The van der Waals surface area contributed by atoms with Gasteiger partial charge in [-0.05, 0) is 26.7 Å². The predicted octanol–water partition coefficient (Wildman–Crippen LogP) is 0.310. The van der Waals surface area contributed by atoms with E-state index in [0.29, 0.717) is 19.3 Å². The maximum absolute atomic E-state index is 12.1. The largest absolute Gasteiger partial charge is 0.480 e. The van der Waals surface area contributed by atoms with Gasteiger partial charge >= 0.3 is 5.97 Å². The third-order valence-electron chi connectivity index (χ3n) is 4.03. The lowest BCUT2D eigenvalue weighted by molar-refractivity contribution is -0.142. The lowest BCUT2D eigenvalue weighted by Gasteiger charge is -2.21. The SMILES string of the molecule is C[C@@H]1NC(=O)CCCCCCC[C@H](C(=O)O)NC(=O)[C@H](C)NC1=O. The molecule has 8 nitrogen and oxygen atoms in total. The molecule has 4 N–H and O–H groups in total. The Morgan fingerprint density at radius 3 is 2.08 bits per heavy atom. The van der Waals surface area contributed by atoms with Gasteiger partial charge in [0.15, 0.2) is 0 Å². The van der Waals surface area contributed by atoms with E-state index in [0.717, 1.165) is 25.7 Å². The van der Waals surface area contributed by atoms with Crippen LogP contribution in [0, 0.1) is 0 Å². The van der Waals surface area contributed by atoms with Gasteiger partial charge in [-0.3, -0.25) is 14.4 Å². The van der Waals surface area contributed by atoms with E-state index in [1.165, 1.54) is 6.92 Å². The average Bonchev–Trinajstić information content (AvgIpc) is 2.51. The topological polar surface area (TPSA) is 125 Å². The molecule has 0 aromatic heterocycles. The van der Waals surface area contributed by atoms with Crippen molar-refractivity contribution in [1.29, 1.82) is 0 Å². The van der Waals surface area contributed by atoms with Gasteiger partial charge in [0.2, 0.25) is 17.7 Å². The van der Waals surface area contributed by atoms with E-state index in [9.17, 15) is 24.3 Å². The molecule has 0 unspecified atom stereocenters. The van der Waals surface area contributed by atoms with E-state index in [1.54, 1.807) is 6.92 Å². The van der Waals surface area contributed by atoms with E-state index >= 15 is 0 Å². The Hall–Kier alpha value is -2.12. The number of carboxylic acids is 1. The van der Waals surface area contributed by atoms with Crippen LogP contribution in [0.25, 0.3) is 0 Å². The summed E-state index contributed by atoms with van der Waals surface area (Å²) in [7, 11) is 0. The summed E-state index contributed by atoms with van der Waals surface area (Å²) in [5.74, 6) is -2.30. The van der Waals surface area contributed by atoms with Crippen molar-refractivity contribution in [2.45, 2.75) is 76.9 Å². The number of hydrogen-bond acceptors (Lipinski definition) is 4. The predicted molar refractivity (Wildman–Crippen MR) is 87.1 cm³/mol. The Kier molecular flexibility index (Phi) is 8.21. The average molecular weight is 341 g/mol. The number of carbonyl (C=O) groups is 4. The molecule has 1 heterocycles. The molecule has 1 saturated heterocycles. The Balaban J connectivity index is 2.74. The minimum atomic E-state index is -1.08. The van der Waals surface area contributed by atoms with Crippen LogP contribution in [0.4, 0.5) is 0 Å². The van der Waals surface area contributed by atoms with Crippen molar-refractivity contribution in [2.24, 2.45) is 0 Å². The minimum absolute atomic E-state index is 0.187. The molecule has 1 aliphatic heterocycles. The maximum atomic E-state index is 12.1. The molecule has 1 aliphatic rings.